The largest absolute Gasteiger partial charge is 0.490 e. The summed E-state index contributed by atoms with van der Waals surface area (Å²) in [5, 5.41) is 5.07. The average Bonchev–Trinajstić information content (AvgIpc) is 2.86. The van der Waals surface area contributed by atoms with E-state index >= 15 is 0 Å². The van der Waals surface area contributed by atoms with Gasteiger partial charge in [-0.3, -0.25) is 10.1 Å². The Labute approximate surface area is 148 Å². The van der Waals surface area contributed by atoms with Gasteiger partial charge in [0, 0.05) is 7.05 Å². The zero-order valence-corrected chi connectivity index (χ0v) is 14.0. The third kappa shape index (κ3) is 4.73. The molecule has 1 aromatic heterocycles. The first-order valence-corrected chi connectivity index (χ1v) is 7.38. The molecule has 1 N–H and O–H groups in total. The van der Waals surface area contributed by atoms with Crippen molar-refractivity contribution in [2.75, 3.05) is 11.9 Å². The minimum absolute atomic E-state index is 0.00922. The van der Waals surface area contributed by atoms with E-state index in [0.29, 0.717) is 0 Å². The van der Waals surface area contributed by atoms with Gasteiger partial charge in [-0.05, 0) is 6.07 Å². The van der Waals surface area contributed by atoms with Crippen LogP contribution in [0.25, 0.3) is 0 Å². The second-order valence-corrected chi connectivity index (χ2v) is 5.52. The SMILES string of the molecule is Cn1ncnc1NC(=O)c1c(F)cc(Cl)c(OCCC(F)(F)F)c1Cl. The van der Waals surface area contributed by atoms with Crippen LogP contribution in [-0.4, -0.2) is 33.5 Å². The molecule has 136 valence electrons. The first-order chi connectivity index (χ1) is 11.6. The first kappa shape index (κ1) is 19.3. The monoisotopic (exact) mass is 400 g/mol. The lowest BCUT2D eigenvalue weighted by Crippen LogP contribution is -2.18. The minimum Gasteiger partial charge on any atom is -0.490 e. The average molecular weight is 401 g/mol. The molecule has 0 bridgehead atoms. The normalized spacial score (nSPS) is 11.5. The number of halogens is 6. The maximum atomic E-state index is 14.1. The van der Waals surface area contributed by atoms with E-state index in [2.05, 4.69) is 15.4 Å². The zero-order chi connectivity index (χ0) is 18.8. The number of hydrogen-bond donors (Lipinski definition) is 1. The highest BCUT2D eigenvalue weighted by molar-refractivity contribution is 6.39. The molecule has 0 aliphatic heterocycles. The van der Waals surface area contributed by atoms with Crippen LogP contribution in [0.3, 0.4) is 0 Å². The van der Waals surface area contributed by atoms with Crippen molar-refractivity contribution in [3.05, 3.63) is 33.8 Å². The van der Waals surface area contributed by atoms with Gasteiger partial charge < -0.3 is 4.74 Å². The zero-order valence-electron chi connectivity index (χ0n) is 12.5. The third-order valence-corrected chi connectivity index (χ3v) is 3.57. The number of carbonyl (C=O) groups excluding carboxylic acids is 1. The van der Waals surface area contributed by atoms with Crippen molar-refractivity contribution in [2.24, 2.45) is 7.05 Å². The Morgan fingerprint density at radius 2 is 2.08 bits per heavy atom. The second-order valence-electron chi connectivity index (χ2n) is 4.73. The number of carbonyl (C=O) groups is 1. The van der Waals surface area contributed by atoms with Crippen molar-refractivity contribution in [2.45, 2.75) is 12.6 Å². The molecule has 0 aliphatic rings. The van der Waals surface area contributed by atoms with Crippen LogP contribution in [0.2, 0.25) is 10.0 Å². The molecule has 1 heterocycles. The van der Waals surface area contributed by atoms with Gasteiger partial charge in [0.15, 0.2) is 5.75 Å². The smallest absolute Gasteiger partial charge is 0.392 e. The first-order valence-electron chi connectivity index (χ1n) is 6.62. The Hall–Kier alpha value is -2.07. The van der Waals surface area contributed by atoms with Crippen molar-refractivity contribution in [3.63, 3.8) is 0 Å². The Morgan fingerprint density at radius 1 is 1.40 bits per heavy atom. The van der Waals surface area contributed by atoms with Crippen LogP contribution >= 0.6 is 23.2 Å². The summed E-state index contributed by atoms with van der Waals surface area (Å²) in [6.45, 7) is -0.793. The van der Waals surface area contributed by atoms with Gasteiger partial charge in [-0.2, -0.15) is 23.3 Å². The molecule has 0 aliphatic carbocycles. The highest BCUT2D eigenvalue weighted by atomic mass is 35.5. The number of alkyl halides is 3. The fourth-order valence-electron chi connectivity index (χ4n) is 1.75. The van der Waals surface area contributed by atoms with Gasteiger partial charge in [0.05, 0.1) is 28.6 Å². The lowest BCUT2D eigenvalue weighted by Gasteiger charge is -2.14. The molecule has 0 radical (unpaired) electrons. The summed E-state index contributed by atoms with van der Waals surface area (Å²) in [6.07, 6.45) is -4.57. The van der Waals surface area contributed by atoms with Crippen LogP contribution in [0.5, 0.6) is 5.75 Å². The van der Waals surface area contributed by atoms with Crippen molar-refractivity contribution in [1.29, 1.82) is 0 Å². The molecule has 1 amide bonds. The van der Waals surface area contributed by atoms with Crippen LogP contribution in [0.15, 0.2) is 12.4 Å². The van der Waals surface area contributed by atoms with Gasteiger partial charge in [0.2, 0.25) is 5.95 Å². The maximum absolute atomic E-state index is 14.1. The summed E-state index contributed by atoms with van der Waals surface area (Å²) in [5.74, 6) is -2.47. The number of amides is 1. The minimum atomic E-state index is -4.45. The summed E-state index contributed by atoms with van der Waals surface area (Å²) in [6, 6.07) is 0.724. The van der Waals surface area contributed by atoms with E-state index in [0.717, 1.165) is 12.4 Å². The Kier molecular flexibility index (Phi) is 5.73. The van der Waals surface area contributed by atoms with Crippen molar-refractivity contribution >= 4 is 35.1 Å². The number of aromatic nitrogens is 3. The summed E-state index contributed by atoms with van der Waals surface area (Å²) >= 11 is 11.7. The van der Waals surface area contributed by atoms with Gasteiger partial charge in [0.25, 0.3) is 5.91 Å². The standard InChI is InChI=1S/C13H10Cl2F4N4O2/c1-23-12(20-5-21-23)22-11(24)8-7(16)4-6(14)10(9(8)15)25-3-2-13(17,18)19/h4-5H,2-3H2,1H3,(H,20,21,22,24). The molecule has 25 heavy (non-hydrogen) atoms. The topological polar surface area (TPSA) is 69.0 Å². The predicted octanol–water partition coefficient (Wildman–Crippen LogP) is 3.84. The summed E-state index contributed by atoms with van der Waals surface area (Å²) < 4.78 is 56.8. The predicted molar refractivity (Wildman–Crippen MR) is 81.5 cm³/mol. The number of hydrogen-bond acceptors (Lipinski definition) is 4. The van der Waals surface area contributed by atoms with Crippen LogP contribution < -0.4 is 10.1 Å². The lowest BCUT2D eigenvalue weighted by molar-refractivity contribution is -0.139. The molecule has 1 aromatic carbocycles. The van der Waals surface area contributed by atoms with Crippen LogP contribution in [0, 0.1) is 5.82 Å². The van der Waals surface area contributed by atoms with Gasteiger partial charge in [-0.15, -0.1) is 0 Å². The van der Waals surface area contributed by atoms with Crippen molar-refractivity contribution in [1.82, 2.24) is 14.8 Å². The number of aryl methyl sites for hydroxylation is 1. The molecule has 0 spiro atoms. The Bertz CT molecular complexity index is 795. The van der Waals surface area contributed by atoms with Crippen LogP contribution in [-0.2, 0) is 7.05 Å². The van der Waals surface area contributed by atoms with Gasteiger partial charge in [-0.1, -0.05) is 23.2 Å². The van der Waals surface area contributed by atoms with Crippen LogP contribution in [0.1, 0.15) is 16.8 Å². The summed E-state index contributed by atoms with van der Waals surface area (Å²) in [7, 11) is 1.48. The van der Waals surface area contributed by atoms with E-state index in [1.165, 1.54) is 11.7 Å². The number of benzene rings is 1. The lowest BCUT2D eigenvalue weighted by atomic mass is 10.2. The fraction of sp³-hybridized carbons (Fsp3) is 0.308. The number of rotatable bonds is 5. The van der Waals surface area contributed by atoms with Crippen molar-refractivity contribution < 1.29 is 27.1 Å². The molecule has 0 saturated heterocycles. The Balaban J connectivity index is 2.27. The molecule has 0 unspecified atom stereocenters. The van der Waals surface area contributed by atoms with Gasteiger partial charge in [0.1, 0.15) is 12.1 Å². The molecular formula is C13H10Cl2F4N4O2. The van der Waals surface area contributed by atoms with E-state index in [4.69, 9.17) is 27.9 Å². The maximum Gasteiger partial charge on any atom is 0.392 e. The number of anilines is 1. The molecule has 0 saturated carbocycles. The van der Waals surface area contributed by atoms with E-state index in [1.54, 1.807) is 0 Å². The molecule has 0 atom stereocenters. The van der Waals surface area contributed by atoms with E-state index in [-0.39, 0.29) is 11.0 Å². The number of nitrogens with zero attached hydrogens (tertiary/aromatic N) is 3. The molecule has 6 nitrogen and oxygen atoms in total. The van der Waals surface area contributed by atoms with Gasteiger partial charge in [-0.25, -0.2) is 9.07 Å². The highest BCUT2D eigenvalue weighted by Crippen LogP contribution is 2.38. The van der Waals surface area contributed by atoms with E-state index < -0.39 is 47.3 Å². The molecule has 2 aromatic rings. The van der Waals surface area contributed by atoms with E-state index in [9.17, 15) is 22.4 Å². The summed E-state index contributed by atoms with van der Waals surface area (Å²) in [4.78, 5) is 15.9. The number of ether oxygens (including phenoxy) is 1. The molecule has 12 heteroatoms. The Morgan fingerprint density at radius 3 is 2.64 bits per heavy atom. The van der Waals surface area contributed by atoms with Crippen molar-refractivity contribution in [3.8, 4) is 5.75 Å². The fourth-order valence-corrected chi connectivity index (χ4v) is 2.38. The summed E-state index contributed by atoms with van der Waals surface area (Å²) in [5.41, 5.74) is -0.643. The third-order valence-electron chi connectivity index (χ3n) is 2.92. The quantitative estimate of drug-likeness (QED) is 0.774. The number of nitrogens with one attached hydrogen (secondary N) is 1. The van der Waals surface area contributed by atoms with Crippen LogP contribution in [0.4, 0.5) is 23.5 Å². The molecule has 0 fully saturated rings. The second kappa shape index (κ2) is 7.44. The van der Waals surface area contributed by atoms with Gasteiger partial charge >= 0.3 is 6.18 Å². The molecular weight excluding hydrogens is 391 g/mol. The highest BCUT2D eigenvalue weighted by Gasteiger charge is 2.28. The molecule has 2 rings (SSSR count). The van der Waals surface area contributed by atoms with E-state index in [1.807, 2.05) is 0 Å².